The Morgan fingerprint density at radius 3 is 2.67 bits per heavy atom. The summed E-state index contributed by atoms with van der Waals surface area (Å²) in [6.07, 6.45) is 3.25. The third kappa shape index (κ3) is 4.07. The average Bonchev–Trinajstić information content (AvgIpc) is 3.03. The van der Waals surface area contributed by atoms with Gasteiger partial charge in [0.15, 0.2) is 5.69 Å². The molecule has 3 rings (SSSR count). The molecule has 0 aliphatic rings. The Hall–Kier alpha value is -3.41. The Balaban J connectivity index is 1.63. The van der Waals surface area contributed by atoms with Crippen LogP contribution in [0.5, 0.6) is 11.5 Å². The fraction of sp³-hybridized carbons (Fsp3) is 0.0556. The van der Waals surface area contributed by atoms with Crippen molar-refractivity contribution in [3.8, 4) is 11.5 Å². The van der Waals surface area contributed by atoms with E-state index in [2.05, 4.69) is 15.6 Å². The van der Waals surface area contributed by atoms with Crippen LogP contribution in [-0.2, 0) is 7.05 Å². The third-order valence-electron chi connectivity index (χ3n) is 3.16. The van der Waals surface area contributed by atoms with Crippen LogP contribution in [0.4, 0.5) is 0 Å². The van der Waals surface area contributed by atoms with Crippen LogP contribution in [0.3, 0.4) is 0 Å². The van der Waals surface area contributed by atoms with Crippen LogP contribution in [0.2, 0.25) is 0 Å². The topological polar surface area (TPSA) is 68.5 Å². The Morgan fingerprint density at radius 1 is 1.12 bits per heavy atom. The lowest BCUT2D eigenvalue weighted by Crippen LogP contribution is -2.18. The summed E-state index contributed by atoms with van der Waals surface area (Å²) in [6.45, 7) is 0. The smallest absolute Gasteiger partial charge is 0.291 e. The minimum absolute atomic E-state index is 0.316. The first kappa shape index (κ1) is 15.5. The quantitative estimate of drug-likeness (QED) is 0.580. The van der Waals surface area contributed by atoms with E-state index in [-0.39, 0.29) is 5.91 Å². The summed E-state index contributed by atoms with van der Waals surface area (Å²) in [5.41, 5.74) is 3.57. The van der Waals surface area contributed by atoms with Gasteiger partial charge in [-0.3, -0.25) is 9.48 Å². The van der Waals surface area contributed by atoms with Crippen molar-refractivity contribution in [2.75, 3.05) is 0 Å². The van der Waals surface area contributed by atoms with Crippen LogP contribution >= 0.6 is 0 Å². The Labute approximate surface area is 139 Å². The van der Waals surface area contributed by atoms with Crippen LogP contribution < -0.4 is 10.2 Å². The van der Waals surface area contributed by atoms with E-state index in [0.29, 0.717) is 11.4 Å². The number of benzene rings is 2. The Bertz CT molecular complexity index is 856. The molecule has 3 aromatic rings. The number of hydrogen-bond acceptors (Lipinski definition) is 4. The normalized spacial score (nSPS) is 10.7. The number of hydrazone groups is 1. The van der Waals surface area contributed by atoms with Crippen LogP contribution in [0.15, 0.2) is 72.0 Å². The number of carbonyl (C=O) groups excluding carboxylic acids is 1. The van der Waals surface area contributed by atoms with Gasteiger partial charge in [-0.2, -0.15) is 10.2 Å². The molecule has 6 nitrogen and oxygen atoms in total. The zero-order chi connectivity index (χ0) is 16.8. The van der Waals surface area contributed by atoms with E-state index in [0.717, 1.165) is 11.3 Å². The number of hydrogen-bond donors (Lipinski definition) is 1. The molecule has 1 N–H and O–H groups in total. The van der Waals surface area contributed by atoms with E-state index in [4.69, 9.17) is 4.74 Å². The second-order valence-corrected chi connectivity index (χ2v) is 5.06. The summed E-state index contributed by atoms with van der Waals surface area (Å²) < 4.78 is 7.32. The fourth-order valence-electron chi connectivity index (χ4n) is 2.04. The molecule has 0 aliphatic carbocycles. The van der Waals surface area contributed by atoms with Crippen molar-refractivity contribution >= 4 is 12.1 Å². The predicted octanol–water partition coefficient (Wildman–Crippen LogP) is 2.98. The van der Waals surface area contributed by atoms with Crippen molar-refractivity contribution in [2.45, 2.75) is 0 Å². The number of nitrogens with zero attached hydrogens (tertiary/aromatic N) is 3. The minimum Gasteiger partial charge on any atom is -0.457 e. The van der Waals surface area contributed by atoms with Gasteiger partial charge in [0.1, 0.15) is 11.5 Å². The van der Waals surface area contributed by atoms with Crippen LogP contribution in [0.1, 0.15) is 16.1 Å². The molecule has 0 saturated heterocycles. The first-order chi connectivity index (χ1) is 11.7. The van der Waals surface area contributed by atoms with E-state index in [1.54, 1.807) is 30.2 Å². The van der Waals surface area contributed by atoms with Crippen LogP contribution in [-0.4, -0.2) is 21.9 Å². The van der Waals surface area contributed by atoms with E-state index >= 15 is 0 Å². The number of aromatic nitrogens is 2. The number of carbonyl (C=O) groups is 1. The van der Waals surface area contributed by atoms with Gasteiger partial charge in [0.05, 0.1) is 6.21 Å². The van der Waals surface area contributed by atoms with Crippen molar-refractivity contribution in [1.29, 1.82) is 0 Å². The molecule has 0 bridgehead atoms. The van der Waals surface area contributed by atoms with Gasteiger partial charge < -0.3 is 4.74 Å². The molecule has 1 aromatic heterocycles. The van der Waals surface area contributed by atoms with Gasteiger partial charge in [0.2, 0.25) is 0 Å². The highest BCUT2D eigenvalue weighted by Gasteiger charge is 2.06. The van der Waals surface area contributed by atoms with Gasteiger partial charge in [-0.15, -0.1) is 0 Å². The first-order valence-corrected chi connectivity index (χ1v) is 7.37. The summed E-state index contributed by atoms with van der Waals surface area (Å²) in [7, 11) is 1.75. The first-order valence-electron chi connectivity index (χ1n) is 7.37. The maximum atomic E-state index is 11.8. The van der Waals surface area contributed by atoms with Crippen molar-refractivity contribution in [2.24, 2.45) is 12.1 Å². The molecule has 2 aromatic carbocycles. The molecule has 0 spiro atoms. The summed E-state index contributed by atoms with van der Waals surface area (Å²) >= 11 is 0. The van der Waals surface area contributed by atoms with Crippen molar-refractivity contribution < 1.29 is 9.53 Å². The number of aryl methyl sites for hydroxylation is 1. The summed E-state index contributed by atoms with van der Waals surface area (Å²) in [4.78, 5) is 11.8. The SMILES string of the molecule is Cn1ccc(C(=O)N/N=C/c2cccc(Oc3ccccc3)c2)n1. The fourth-order valence-corrected chi connectivity index (χ4v) is 2.04. The summed E-state index contributed by atoms with van der Waals surface area (Å²) in [5, 5.41) is 7.95. The molecule has 1 amide bonds. The molecule has 0 aliphatic heterocycles. The average molecular weight is 320 g/mol. The maximum absolute atomic E-state index is 11.8. The molecule has 0 fully saturated rings. The van der Waals surface area contributed by atoms with Gasteiger partial charge in [0.25, 0.3) is 5.91 Å². The van der Waals surface area contributed by atoms with Gasteiger partial charge in [-0.1, -0.05) is 30.3 Å². The summed E-state index contributed by atoms with van der Waals surface area (Å²) in [6, 6.07) is 18.6. The molecule has 0 saturated carbocycles. The zero-order valence-electron chi connectivity index (χ0n) is 13.1. The lowest BCUT2D eigenvalue weighted by atomic mass is 10.2. The molecule has 120 valence electrons. The van der Waals surface area contributed by atoms with Gasteiger partial charge in [-0.05, 0) is 35.9 Å². The van der Waals surface area contributed by atoms with Crippen molar-refractivity contribution in [3.05, 3.63) is 78.1 Å². The molecule has 0 unspecified atom stereocenters. The number of rotatable bonds is 5. The summed E-state index contributed by atoms with van der Waals surface area (Å²) in [5.74, 6) is 1.10. The van der Waals surface area contributed by atoms with Crippen LogP contribution in [0.25, 0.3) is 0 Å². The zero-order valence-corrected chi connectivity index (χ0v) is 13.1. The minimum atomic E-state index is -0.358. The highest BCUT2D eigenvalue weighted by molar-refractivity contribution is 5.93. The second-order valence-electron chi connectivity index (χ2n) is 5.06. The van der Waals surface area contributed by atoms with E-state index in [1.807, 2.05) is 54.6 Å². The van der Waals surface area contributed by atoms with Crippen LogP contribution in [0, 0.1) is 0 Å². The molecular weight excluding hydrogens is 304 g/mol. The van der Waals surface area contributed by atoms with Gasteiger partial charge in [-0.25, -0.2) is 5.43 Å². The molecule has 0 atom stereocenters. The monoisotopic (exact) mass is 320 g/mol. The lowest BCUT2D eigenvalue weighted by molar-refractivity contribution is 0.0949. The van der Waals surface area contributed by atoms with E-state index < -0.39 is 0 Å². The molecule has 24 heavy (non-hydrogen) atoms. The largest absolute Gasteiger partial charge is 0.457 e. The van der Waals surface area contributed by atoms with Gasteiger partial charge in [0, 0.05) is 13.2 Å². The number of amides is 1. The van der Waals surface area contributed by atoms with Gasteiger partial charge >= 0.3 is 0 Å². The highest BCUT2D eigenvalue weighted by Crippen LogP contribution is 2.21. The maximum Gasteiger partial charge on any atom is 0.291 e. The number of ether oxygens (including phenoxy) is 1. The van der Waals surface area contributed by atoms with Crippen molar-refractivity contribution in [1.82, 2.24) is 15.2 Å². The standard InChI is InChI=1S/C18H16N4O2/c1-22-11-10-17(21-22)18(23)20-19-13-14-6-5-9-16(12-14)24-15-7-3-2-4-8-15/h2-13H,1H3,(H,20,23)/b19-13+. The third-order valence-corrected chi connectivity index (χ3v) is 3.16. The molecule has 6 heteroatoms. The van der Waals surface area contributed by atoms with E-state index in [1.165, 1.54) is 0 Å². The molecular formula is C18H16N4O2. The van der Waals surface area contributed by atoms with E-state index in [9.17, 15) is 4.79 Å². The number of nitrogens with one attached hydrogen (secondary N) is 1. The predicted molar refractivity (Wildman–Crippen MR) is 91.2 cm³/mol. The Morgan fingerprint density at radius 2 is 1.92 bits per heavy atom. The second kappa shape index (κ2) is 7.23. The molecule has 1 heterocycles. The highest BCUT2D eigenvalue weighted by atomic mass is 16.5. The lowest BCUT2D eigenvalue weighted by Gasteiger charge is -2.05. The number of para-hydroxylation sites is 1. The van der Waals surface area contributed by atoms with Crippen molar-refractivity contribution in [3.63, 3.8) is 0 Å². The molecule has 0 radical (unpaired) electrons. The Kier molecular flexibility index (Phi) is 4.67.